The minimum absolute atomic E-state index is 0.0332. The second-order valence-electron chi connectivity index (χ2n) is 6.44. The van der Waals surface area contributed by atoms with Crippen LogP contribution < -0.4 is 10.1 Å². The van der Waals surface area contributed by atoms with Gasteiger partial charge in [-0.3, -0.25) is 0 Å². The number of ether oxygens (including phenoxy) is 1. The zero-order valence-corrected chi connectivity index (χ0v) is 14.8. The van der Waals surface area contributed by atoms with E-state index in [9.17, 15) is 4.79 Å². The highest BCUT2D eigenvalue weighted by atomic mass is 16.5. The zero-order valence-electron chi connectivity index (χ0n) is 14.8. The van der Waals surface area contributed by atoms with Crippen molar-refractivity contribution < 1.29 is 9.53 Å². The molecular formula is C18H25N5O2. The number of amides is 2. The maximum Gasteiger partial charge on any atom is 0.317 e. The highest BCUT2D eigenvalue weighted by molar-refractivity contribution is 5.74. The average Bonchev–Trinajstić information content (AvgIpc) is 3.05. The Bertz CT molecular complexity index is 715. The molecule has 2 aromatic rings. The largest absolute Gasteiger partial charge is 0.481 e. The standard InChI is InChI=1S/C18H25N5O2/c1-22-10-8-19-16(22)11-14-5-4-9-23(13-14)18(24)20-12-15-6-3-7-17(21-15)25-2/h3,6-8,10,14H,4-5,9,11-13H2,1-2H3,(H,20,24)/t14-/m1/s1. The van der Waals surface area contributed by atoms with Crippen LogP contribution in [0.2, 0.25) is 0 Å². The van der Waals surface area contributed by atoms with Crippen LogP contribution in [0, 0.1) is 5.92 Å². The molecule has 2 amide bonds. The molecule has 0 aliphatic carbocycles. The first-order chi connectivity index (χ1) is 12.2. The van der Waals surface area contributed by atoms with Gasteiger partial charge in [-0.05, 0) is 24.8 Å². The van der Waals surface area contributed by atoms with Gasteiger partial charge in [0.2, 0.25) is 5.88 Å². The van der Waals surface area contributed by atoms with E-state index in [0.717, 1.165) is 43.9 Å². The summed E-state index contributed by atoms with van der Waals surface area (Å²) in [4.78, 5) is 23.1. The van der Waals surface area contributed by atoms with Gasteiger partial charge in [0, 0.05) is 45.0 Å². The van der Waals surface area contributed by atoms with E-state index in [0.29, 0.717) is 18.3 Å². The maximum atomic E-state index is 12.5. The summed E-state index contributed by atoms with van der Waals surface area (Å²) in [6, 6.07) is 5.51. The highest BCUT2D eigenvalue weighted by Crippen LogP contribution is 2.20. The Morgan fingerprint density at radius 2 is 2.32 bits per heavy atom. The molecule has 1 fully saturated rings. The number of aryl methyl sites for hydroxylation is 1. The number of methoxy groups -OCH3 is 1. The smallest absolute Gasteiger partial charge is 0.317 e. The van der Waals surface area contributed by atoms with Crippen LogP contribution in [-0.2, 0) is 20.0 Å². The van der Waals surface area contributed by atoms with Gasteiger partial charge in [-0.1, -0.05) is 6.07 Å². The van der Waals surface area contributed by atoms with Crippen LogP contribution in [-0.4, -0.2) is 45.7 Å². The Labute approximate surface area is 148 Å². The van der Waals surface area contributed by atoms with Gasteiger partial charge in [-0.2, -0.15) is 0 Å². The number of hydrogen-bond acceptors (Lipinski definition) is 4. The van der Waals surface area contributed by atoms with Crippen molar-refractivity contribution in [3.63, 3.8) is 0 Å². The van der Waals surface area contributed by atoms with E-state index < -0.39 is 0 Å². The van der Waals surface area contributed by atoms with E-state index in [1.165, 1.54) is 0 Å². The predicted molar refractivity (Wildman–Crippen MR) is 94.2 cm³/mol. The lowest BCUT2D eigenvalue weighted by atomic mass is 9.94. The molecule has 3 heterocycles. The van der Waals surface area contributed by atoms with E-state index in [2.05, 4.69) is 15.3 Å². The molecule has 7 nitrogen and oxygen atoms in total. The summed E-state index contributed by atoms with van der Waals surface area (Å²) in [5.41, 5.74) is 0.786. The molecule has 0 unspecified atom stereocenters. The number of rotatable bonds is 5. The van der Waals surface area contributed by atoms with Gasteiger partial charge < -0.3 is 19.5 Å². The Balaban J connectivity index is 1.52. The number of nitrogens with zero attached hydrogens (tertiary/aromatic N) is 4. The molecule has 2 aromatic heterocycles. The summed E-state index contributed by atoms with van der Waals surface area (Å²) in [5, 5.41) is 2.96. The molecule has 0 aromatic carbocycles. The molecule has 0 saturated carbocycles. The van der Waals surface area contributed by atoms with Crippen molar-refractivity contribution in [2.24, 2.45) is 13.0 Å². The van der Waals surface area contributed by atoms with Crippen molar-refractivity contribution in [1.82, 2.24) is 24.8 Å². The minimum Gasteiger partial charge on any atom is -0.481 e. The molecule has 7 heteroatoms. The number of carbonyl (C=O) groups is 1. The SMILES string of the molecule is COc1cccc(CNC(=O)N2CCC[C@H](Cc3nccn3C)C2)n1. The van der Waals surface area contributed by atoms with Gasteiger partial charge in [0.05, 0.1) is 19.3 Å². The molecule has 1 saturated heterocycles. The Hall–Kier alpha value is -2.57. The third-order valence-electron chi connectivity index (χ3n) is 4.61. The first-order valence-electron chi connectivity index (χ1n) is 8.64. The summed E-state index contributed by atoms with van der Waals surface area (Å²) in [7, 11) is 3.59. The number of aromatic nitrogens is 3. The predicted octanol–water partition coefficient (Wildman–Crippen LogP) is 1.99. The number of pyridine rings is 1. The fourth-order valence-corrected chi connectivity index (χ4v) is 3.22. The third-order valence-corrected chi connectivity index (χ3v) is 4.61. The monoisotopic (exact) mass is 343 g/mol. The molecule has 0 spiro atoms. The zero-order chi connectivity index (χ0) is 17.6. The molecule has 0 radical (unpaired) electrons. The van der Waals surface area contributed by atoms with Crippen molar-refractivity contribution >= 4 is 6.03 Å². The van der Waals surface area contributed by atoms with Crippen molar-refractivity contribution in [2.75, 3.05) is 20.2 Å². The molecule has 3 rings (SSSR count). The van der Waals surface area contributed by atoms with Gasteiger partial charge in [-0.25, -0.2) is 14.8 Å². The molecule has 1 aliphatic rings. The lowest BCUT2D eigenvalue weighted by Crippen LogP contribution is -2.45. The molecule has 134 valence electrons. The van der Waals surface area contributed by atoms with Crippen LogP contribution in [0.5, 0.6) is 5.88 Å². The third kappa shape index (κ3) is 4.49. The number of hydrogen-bond donors (Lipinski definition) is 1. The summed E-state index contributed by atoms with van der Waals surface area (Å²) in [5.74, 6) is 2.09. The van der Waals surface area contributed by atoms with Crippen LogP contribution in [0.25, 0.3) is 0 Å². The topological polar surface area (TPSA) is 72.3 Å². The minimum atomic E-state index is -0.0332. The molecule has 25 heavy (non-hydrogen) atoms. The second kappa shape index (κ2) is 8.00. The number of urea groups is 1. The number of carbonyl (C=O) groups excluding carboxylic acids is 1. The summed E-state index contributed by atoms with van der Waals surface area (Å²) in [6.07, 6.45) is 6.85. The van der Waals surface area contributed by atoms with Crippen molar-refractivity contribution in [2.45, 2.75) is 25.8 Å². The van der Waals surface area contributed by atoms with E-state index in [1.54, 1.807) is 13.2 Å². The van der Waals surface area contributed by atoms with Crippen molar-refractivity contribution in [3.05, 3.63) is 42.1 Å². The van der Waals surface area contributed by atoms with Crippen LogP contribution >= 0.6 is 0 Å². The normalized spacial score (nSPS) is 17.4. The summed E-state index contributed by atoms with van der Waals surface area (Å²) in [6.45, 7) is 1.97. The Kier molecular flexibility index (Phi) is 5.53. The first kappa shape index (κ1) is 17.3. The average molecular weight is 343 g/mol. The van der Waals surface area contributed by atoms with Gasteiger partial charge in [-0.15, -0.1) is 0 Å². The number of nitrogens with one attached hydrogen (secondary N) is 1. The molecule has 0 bridgehead atoms. The number of piperidine rings is 1. The molecule has 1 aliphatic heterocycles. The Morgan fingerprint density at radius 3 is 3.08 bits per heavy atom. The van der Waals surface area contributed by atoms with Crippen LogP contribution in [0.3, 0.4) is 0 Å². The van der Waals surface area contributed by atoms with Crippen LogP contribution in [0.1, 0.15) is 24.4 Å². The van der Waals surface area contributed by atoms with Gasteiger partial charge in [0.25, 0.3) is 0 Å². The van der Waals surface area contributed by atoms with Gasteiger partial charge in [0.1, 0.15) is 5.82 Å². The van der Waals surface area contributed by atoms with E-state index in [1.807, 2.05) is 41.0 Å². The fourth-order valence-electron chi connectivity index (χ4n) is 3.22. The molecule has 1 atom stereocenters. The summed E-state index contributed by atoms with van der Waals surface area (Å²) < 4.78 is 7.16. The molecule has 1 N–H and O–H groups in total. The van der Waals surface area contributed by atoms with Gasteiger partial charge >= 0.3 is 6.03 Å². The summed E-state index contributed by atoms with van der Waals surface area (Å²) >= 11 is 0. The van der Waals surface area contributed by atoms with Crippen molar-refractivity contribution in [3.8, 4) is 5.88 Å². The number of imidazole rings is 1. The quantitative estimate of drug-likeness (QED) is 0.901. The second-order valence-corrected chi connectivity index (χ2v) is 6.44. The van der Waals surface area contributed by atoms with Gasteiger partial charge in [0.15, 0.2) is 0 Å². The highest BCUT2D eigenvalue weighted by Gasteiger charge is 2.24. The van der Waals surface area contributed by atoms with E-state index in [-0.39, 0.29) is 6.03 Å². The van der Waals surface area contributed by atoms with E-state index >= 15 is 0 Å². The first-order valence-corrected chi connectivity index (χ1v) is 8.64. The van der Waals surface area contributed by atoms with E-state index in [4.69, 9.17) is 4.74 Å². The maximum absolute atomic E-state index is 12.5. The lowest BCUT2D eigenvalue weighted by Gasteiger charge is -2.32. The van der Waals surface area contributed by atoms with Crippen LogP contribution in [0.4, 0.5) is 4.79 Å². The van der Waals surface area contributed by atoms with Crippen LogP contribution in [0.15, 0.2) is 30.6 Å². The molecular weight excluding hydrogens is 318 g/mol. The number of likely N-dealkylation sites (tertiary alicyclic amines) is 1. The Morgan fingerprint density at radius 1 is 1.44 bits per heavy atom. The lowest BCUT2D eigenvalue weighted by molar-refractivity contribution is 0.164. The van der Waals surface area contributed by atoms with Crippen molar-refractivity contribution in [1.29, 1.82) is 0 Å². The fraction of sp³-hybridized carbons (Fsp3) is 0.500.